The quantitative estimate of drug-likeness (QED) is 0.0215. The Hall–Kier alpha value is -7.24. The molecule has 4 aliphatic rings. The predicted octanol–water partition coefficient (Wildman–Crippen LogP) is 3.37. The highest BCUT2D eigenvalue weighted by molar-refractivity contribution is 8.76. The van der Waals surface area contributed by atoms with Gasteiger partial charge < -0.3 is 76.0 Å². The number of phenolic OH excluding ortho intramolecular Hbond substituents is 2. The van der Waals surface area contributed by atoms with Gasteiger partial charge in [-0.25, -0.2) is 9.59 Å². The van der Waals surface area contributed by atoms with Crippen LogP contribution in [0, 0.1) is 5.92 Å². The molecule has 1 heterocycles. The van der Waals surface area contributed by atoms with E-state index in [1.807, 2.05) is 24.3 Å². The van der Waals surface area contributed by atoms with E-state index in [0.717, 1.165) is 27.3 Å². The zero-order valence-corrected chi connectivity index (χ0v) is 48.6. The number of carboxylic acids is 2. The van der Waals surface area contributed by atoms with Gasteiger partial charge in [-0.1, -0.05) is 89.2 Å². The zero-order valence-electron chi connectivity index (χ0n) is 46.2. The van der Waals surface area contributed by atoms with Crippen LogP contribution >= 0.6 is 33.3 Å². The van der Waals surface area contributed by atoms with Gasteiger partial charge in [-0.2, -0.15) is 11.8 Å². The molecule has 4 unspecified atom stereocenters. The number of nitrogens with one attached hydrogen (secondary N) is 4. The van der Waals surface area contributed by atoms with Crippen LogP contribution in [0.4, 0.5) is 4.79 Å². The van der Waals surface area contributed by atoms with Gasteiger partial charge >= 0.3 is 18.0 Å². The Morgan fingerprint density at radius 2 is 1.48 bits per heavy atom. The van der Waals surface area contributed by atoms with Crippen molar-refractivity contribution in [1.29, 1.82) is 0 Å². The minimum Gasteiger partial charge on any atom is -0.507 e. The molecule has 1 saturated heterocycles. The molecule has 9 atom stereocenters. The molecule has 11 N–H and O–H groups in total. The summed E-state index contributed by atoms with van der Waals surface area (Å²) >= 11 is 1.64. The second kappa shape index (κ2) is 27.9. The first-order valence-electron chi connectivity index (χ1n) is 27.0. The molecule has 4 aromatic carbocycles. The predicted molar refractivity (Wildman–Crippen MR) is 309 cm³/mol. The van der Waals surface area contributed by atoms with E-state index in [9.17, 15) is 78.9 Å². The van der Waals surface area contributed by atoms with Gasteiger partial charge in [0.05, 0.1) is 54.4 Å². The first kappa shape index (κ1) is 63.8. The second-order valence-corrected chi connectivity index (χ2v) is 24.6. The Labute approximate surface area is 498 Å². The molecule has 0 spiro atoms. The molecule has 0 saturated carbocycles. The highest BCUT2D eigenvalue weighted by Gasteiger charge is 2.50. The number of aliphatic hydroxyl groups is 3. The third kappa shape index (κ3) is 14.2. The monoisotopic (exact) mass is 1230 g/mol. The molecule has 1 aliphatic heterocycles. The lowest BCUT2D eigenvalue weighted by Crippen LogP contribution is -2.56. The van der Waals surface area contributed by atoms with E-state index >= 15 is 0 Å². The molecule has 8 rings (SSSR count). The Morgan fingerprint density at radius 1 is 0.824 bits per heavy atom. The van der Waals surface area contributed by atoms with Crippen LogP contribution in [0.5, 0.6) is 17.2 Å². The third-order valence-corrected chi connectivity index (χ3v) is 18.6. The van der Waals surface area contributed by atoms with Crippen molar-refractivity contribution in [2.45, 2.75) is 100 Å². The van der Waals surface area contributed by atoms with E-state index in [-0.39, 0.29) is 77.3 Å². The lowest BCUT2D eigenvalue weighted by Gasteiger charge is -2.42. The van der Waals surface area contributed by atoms with E-state index in [2.05, 4.69) is 45.5 Å². The number of aliphatic carboxylic acids is 2. The molecule has 0 radical (unpaired) electrons. The summed E-state index contributed by atoms with van der Waals surface area (Å²) in [5.74, 6) is -9.08. The molecular weight excluding hydrogens is 1170 g/mol. The number of fused-ring (bicyclic) bond motifs is 6. The minimum absolute atomic E-state index is 0.0109. The van der Waals surface area contributed by atoms with Gasteiger partial charge in [-0.15, -0.1) is 0 Å². The zero-order chi connectivity index (χ0) is 61.4. The molecule has 0 aromatic heterocycles. The normalized spacial score (nSPS) is 21.3. The number of Topliss-reactive ketones (excluding diaryl/α,β-unsaturated/α-hetero) is 1. The molecular formula is C58H64N4O20S3. The maximum absolute atomic E-state index is 14.0. The summed E-state index contributed by atoms with van der Waals surface area (Å²) in [6.07, 6.45) is -8.76. The number of thioether (sulfide) groups is 1. The molecule has 4 amide bonds. The van der Waals surface area contributed by atoms with Crippen LogP contribution in [0.1, 0.15) is 106 Å². The van der Waals surface area contributed by atoms with Crippen molar-refractivity contribution in [2.75, 3.05) is 49.9 Å². The average Bonchev–Trinajstić information content (AvgIpc) is 1.35. The number of hydrogen-bond donors (Lipinski definition) is 11. The highest BCUT2D eigenvalue weighted by Crippen LogP contribution is 2.53. The number of benzene rings is 4. The SMILES string of the molecule is COc1cccc2c1C(=O)c1c(O)c3c(c(O)c1C2=O)C[C@@](O)(C(=O)CO)C[C@@H]3OC1CC(NC(=O)OCCSSC[C@H](NC(=O)[C@H](CC(=O)O)NC(=O)[C@@H](C)CNC(=O)CCSCC2c3ccccc3-c3ccccc32)C(=O)O)C(O)C(C)O1. The second-order valence-electron chi connectivity index (χ2n) is 20.8. The number of amides is 4. The number of ether oxygens (including phenoxy) is 4. The van der Waals surface area contributed by atoms with Crippen molar-refractivity contribution in [3.05, 3.63) is 111 Å². The van der Waals surface area contributed by atoms with Gasteiger partial charge in [-0.05, 0) is 35.2 Å². The van der Waals surface area contributed by atoms with E-state index in [1.165, 1.54) is 61.4 Å². The van der Waals surface area contributed by atoms with Crippen LogP contribution < -0.4 is 26.0 Å². The largest absolute Gasteiger partial charge is 0.507 e. The third-order valence-electron chi connectivity index (χ3n) is 15.2. The molecule has 85 heavy (non-hydrogen) atoms. The van der Waals surface area contributed by atoms with Crippen molar-refractivity contribution < 1.29 is 97.8 Å². The molecule has 4 aromatic rings. The van der Waals surface area contributed by atoms with Crippen molar-refractivity contribution in [3.8, 4) is 28.4 Å². The van der Waals surface area contributed by atoms with Crippen LogP contribution in [-0.4, -0.2) is 181 Å². The number of carboxylic acid groups (broad SMARTS) is 2. The Bertz CT molecular complexity index is 3230. The van der Waals surface area contributed by atoms with E-state index in [4.69, 9.17) is 18.9 Å². The first-order chi connectivity index (χ1) is 40.6. The van der Waals surface area contributed by atoms with Crippen LogP contribution in [0.3, 0.4) is 0 Å². The fourth-order valence-electron chi connectivity index (χ4n) is 10.8. The fourth-order valence-corrected chi connectivity index (χ4v) is 13.9. The van der Waals surface area contributed by atoms with Crippen LogP contribution in [-0.2, 0) is 49.4 Å². The summed E-state index contributed by atoms with van der Waals surface area (Å²) in [4.78, 5) is 117. The summed E-state index contributed by atoms with van der Waals surface area (Å²) in [5.41, 5.74) is 0.369. The van der Waals surface area contributed by atoms with Gasteiger partial charge in [0.1, 0.15) is 54.3 Å². The van der Waals surface area contributed by atoms with E-state index in [1.54, 1.807) is 11.8 Å². The number of aromatic hydroxyl groups is 2. The number of phenols is 2. The highest BCUT2D eigenvalue weighted by atomic mass is 33.1. The molecule has 3 aliphatic carbocycles. The van der Waals surface area contributed by atoms with Gasteiger partial charge in [0.25, 0.3) is 0 Å². The first-order valence-corrected chi connectivity index (χ1v) is 30.7. The molecule has 1 fully saturated rings. The van der Waals surface area contributed by atoms with Gasteiger partial charge in [-0.3, -0.25) is 33.6 Å². The Kier molecular flexibility index (Phi) is 20.9. The Balaban J connectivity index is 0.785. The fraction of sp³-hybridized carbons (Fsp3) is 0.431. The molecule has 24 nitrogen and oxygen atoms in total. The molecule has 454 valence electrons. The number of ketones is 3. The number of rotatable bonds is 26. The summed E-state index contributed by atoms with van der Waals surface area (Å²) < 4.78 is 22.7. The van der Waals surface area contributed by atoms with E-state index < -0.39 is 150 Å². The minimum atomic E-state index is -2.43. The van der Waals surface area contributed by atoms with Crippen LogP contribution in [0.15, 0.2) is 66.7 Å². The summed E-state index contributed by atoms with van der Waals surface area (Å²) in [6.45, 7) is 1.41. The standard InChI is InChI=1S/C58H64N4O20S3/c1-27(23-59-42(65)15-17-83-25-35-31-11-6-4-9-29(31)30-10-5-7-12-32(30)35)54(73)60-37(19-43(66)67)55(74)61-38(56(75)76)26-85-84-18-16-80-57(77)62-36-20-44(81-28(2)49(36)68)82-40-22-58(78,41(64)24-63)21-34-46(40)53(72)48-47(51(34)70)50(69)33-13-8-14-39(79-3)45(33)52(48)71/h4-14,27-28,35-38,40,44,49,63,68,70,72,78H,15-26H2,1-3H3,(H,59,65)(H,60,73)(H,61,74)(H,62,77)(H,66,67)(H,75,76)/t27-,28?,36?,37-,38-,40-,44?,49?,58-/m0/s1. The maximum atomic E-state index is 14.0. The van der Waals surface area contributed by atoms with Crippen LogP contribution in [0.25, 0.3) is 11.1 Å². The smallest absolute Gasteiger partial charge is 0.407 e. The van der Waals surface area contributed by atoms with Crippen molar-refractivity contribution >= 4 is 86.5 Å². The van der Waals surface area contributed by atoms with Crippen molar-refractivity contribution in [1.82, 2.24) is 21.3 Å². The number of alkyl carbamates (subject to hydrolysis) is 1. The summed E-state index contributed by atoms with van der Waals surface area (Å²) in [5, 5.41) is 85.3. The summed E-state index contributed by atoms with van der Waals surface area (Å²) in [6, 6.07) is 16.3. The van der Waals surface area contributed by atoms with Gasteiger partial charge in [0.2, 0.25) is 23.5 Å². The van der Waals surface area contributed by atoms with Gasteiger partial charge in [0.15, 0.2) is 17.9 Å². The van der Waals surface area contributed by atoms with E-state index in [0.29, 0.717) is 5.75 Å². The van der Waals surface area contributed by atoms with Crippen molar-refractivity contribution in [2.24, 2.45) is 5.92 Å². The van der Waals surface area contributed by atoms with Crippen LogP contribution in [0.2, 0.25) is 0 Å². The lowest BCUT2D eigenvalue weighted by atomic mass is 9.72. The number of aliphatic hydroxyl groups excluding tert-OH is 2. The average molecular weight is 1230 g/mol. The Morgan fingerprint density at radius 3 is 2.14 bits per heavy atom. The number of carbonyl (C=O) groups excluding carboxylic acids is 7. The summed E-state index contributed by atoms with van der Waals surface area (Å²) in [7, 11) is 3.29. The topological polar surface area (TPSA) is 380 Å². The number of methoxy groups -OCH3 is 1. The number of carbonyl (C=O) groups is 9. The number of hydrogen-bond acceptors (Lipinski definition) is 21. The molecule has 0 bridgehead atoms. The maximum Gasteiger partial charge on any atom is 0.407 e. The van der Waals surface area contributed by atoms with Crippen molar-refractivity contribution in [3.63, 3.8) is 0 Å². The molecule has 27 heteroatoms. The van der Waals surface area contributed by atoms with Gasteiger partial charge in [0, 0.05) is 77.8 Å². The lowest BCUT2D eigenvalue weighted by molar-refractivity contribution is -0.249.